The van der Waals surface area contributed by atoms with Crippen molar-refractivity contribution in [2.45, 2.75) is 24.8 Å². The van der Waals surface area contributed by atoms with E-state index in [-0.39, 0.29) is 11.9 Å². The highest BCUT2D eigenvalue weighted by molar-refractivity contribution is 7.10. The van der Waals surface area contributed by atoms with Gasteiger partial charge in [0.2, 0.25) is 0 Å². The first-order valence-corrected chi connectivity index (χ1v) is 11.3. The zero-order valence-electron chi connectivity index (χ0n) is 17.1. The molecule has 2 aromatic rings. The van der Waals surface area contributed by atoms with Crippen LogP contribution in [0.1, 0.15) is 23.3 Å². The molecule has 1 aromatic heterocycles. The number of aryl methyl sites for hydroxylation is 1. The fourth-order valence-electron chi connectivity index (χ4n) is 4.81. The first kappa shape index (κ1) is 19.4. The standard InChI is InChI=1S/C22H26N4O3S/c1-29-17-6-4-16(5-7-17)25-12-10-24(11-13-25)15-26-20(27)22(23-21(26)28)9-2-3-19-18(22)8-14-30-19/h4-8,14H,2-3,9-13,15H2,1H3,(H,23,28)/t22-/m1/s1. The minimum atomic E-state index is -0.852. The van der Waals surface area contributed by atoms with E-state index in [0.717, 1.165) is 56.0 Å². The number of rotatable bonds is 4. The maximum atomic E-state index is 13.4. The second-order valence-corrected chi connectivity index (χ2v) is 9.12. The van der Waals surface area contributed by atoms with E-state index in [0.29, 0.717) is 13.1 Å². The molecule has 1 aliphatic carbocycles. The van der Waals surface area contributed by atoms with Crippen LogP contribution in [0, 0.1) is 0 Å². The highest BCUT2D eigenvalue weighted by Gasteiger charge is 2.54. The van der Waals surface area contributed by atoms with Gasteiger partial charge in [-0.25, -0.2) is 9.69 Å². The Morgan fingerprint density at radius 2 is 1.87 bits per heavy atom. The average Bonchev–Trinajstić information content (AvgIpc) is 3.35. The minimum Gasteiger partial charge on any atom is -0.497 e. The van der Waals surface area contributed by atoms with Gasteiger partial charge < -0.3 is 15.0 Å². The number of amides is 3. The van der Waals surface area contributed by atoms with Crippen LogP contribution in [0.25, 0.3) is 0 Å². The molecule has 0 saturated carbocycles. The number of hydrogen-bond donors (Lipinski definition) is 1. The van der Waals surface area contributed by atoms with Crippen molar-refractivity contribution in [3.63, 3.8) is 0 Å². The van der Waals surface area contributed by atoms with E-state index in [2.05, 4.69) is 27.2 Å². The van der Waals surface area contributed by atoms with Crippen LogP contribution in [0.5, 0.6) is 5.75 Å². The van der Waals surface area contributed by atoms with E-state index in [9.17, 15) is 9.59 Å². The summed E-state index contributed by atoms with van der Waals surface area (Å²) in [6.45, 7) is 3.67. The van der Waals surface area contributed by atoms with Crippen molar-refractivity contribution in [1.29, 1.82) is 0 Å². The lowest BCUT2D eigenvalue weighted by atomic mass is 9.80. The van der Waals surface area contributed by atoms with Crippen LogP contribution in [-0.4, -0.2) is 61.7 Å². The van der Waals surface area contributed by atoms with Gasteiger partial charge in [-0.15, -0.1) is 11.3 Å². The van der Waals surface area contributed by atoms with E-state index < -0.39 is 5.54 Å². The number of nitrogens with zero attached hydrogens (tertiary/aromatic N) is 3. The SMILES string of the molecule is COc1ccc(N2CCN(CN3C(=O)N[C@@]4(CCCc5sccc54)C3=O)CC2)cc1. The third-order valence-electron chi connectivity index (χ3n) is 6.49. The number of nitrogens with one attached hydrogen (secondary N) is 1. The zero-order valence-corrected chi connectivity index (χ0v) is 17.9. The highest BCUT2D eigenvalue weighted by Crippen LogP contribution is 2.42. The Hall–Kier alpha value is -2.58. The van der Waals surface area contributed by atoms with Gasteiger partial charge in [0.15, 0.2) is 0 Å². The number of ether oxygens (including phenoxy) is 1. The molecule has 0 bridgehead atoms. The van der Waals surface area contributed by atoms with Crippen LogP contribution in [0.3, 0.4) is 0 Å². The molecule has 3 amide bonds. The Morgan fingerprint density at radius 1 is 1.10 bits per heavy atom. The topological polar surface area (TPSA) is 65.1 Å². The molecule has 3 heterocycles. The van der Waals surface area contributed by atoms with E-state index in [1.165, 1.54) is 9.78 Å². The molecule has 1 spiro atoms. The molecule has 1 atom stereocenters. The van der Waals surface area contributed by atoms with Crippen LogP contribution >= 0.6 is 11.3 Å². The third kappa shape index (κ3) is 3.15. The summed E-state index contributed by atoms with van der Waals surface area (Å²) in [5.41, 5.74) is 1.32. The fourth-order valence-corrected chi connectivity index (χ4v) is 5.81. The van der Waals surface area contributed by atoms with Gasteiger partial charge in [0.25, 0.3) is 5.91 Å². The second-order valence-electron chi connectivity index (χ2n) is 8.12. The molecule has 1 N–H and O–H groups in total. The Bertz CT molecular complexity index is 952. The molecule has 8 heteroatoms. The first-order chi connectivity index (χ1) is 14.6. The van der Waals surface area contributed by atoms with Gasteiger partial charge in [-0.2, -0.15) is 0 Å². The molecule has 2 fully saturated rings. The number of hydrogen-bond acceptors (Lipinski definition) is 6. The molecule has 0 unspecified atom stereocenters. The van der Waals surface area contributed by atoms with Crippen molar-refractivity contribution in [2.24, 2.45) is 0 Å². The lowest BCUT2D eigenvalue weighted by Crippen LogP contribution is -2.52. The Balaban J connectivity index is 1.24. The van der Waals surface area contributed by atoms with E-state index in [1.807, 2.05) is 23.6 Å². The summed E-state index contributed by atoms with van der Waals surface area (Å²) in [5.74, 6) is 0.755. The third-order valence-corrected chi connectivity index (χ3v) is 7.47. The van der Waals surface area contributed by atoms with Gasteiger partial charge in [0.1, 0.15) is 11.3 Å². The summed E-state index contributed by atoms with van der Waals surface area (Å²) < 4.78 is 5.23. The smallest absolute Gasteiger partial charge is 0.326 e. The van der Waals surface area contributed by atoms with Crippen LogP contribution in [-0.2, 0) is 16.8 Å². The summed E-state index contributed by atoms with van der Waals surface area (Å²) in [4.78, 5) is 33.3. The average molecular weight is 427 g/mol. The molecule has 3 aliphatic rings. The van der Waals surface area contributed by atoms with E-state index in [4.69, 9.17) is 4.74 Å². The van der Waals surface area contributed by atoms with Crippen molar-refractivity contribution < 1.29 is 14.3 Å². The number of anilines is 1. The summed E-state index contributed by atoms with van der Waals surface area (Å²) in [6.07, 6.45) is 2.60. The molecule has 158 valence electrons. The van der Waals surface area contributed by atoms with E-state index in [1.54, 1.807) is 18.4 Å². The lowest BCUT2D eigenvalue weighted by molar-refractivity contribution is -0.133. The quantitative estimate of drug-likeness (QED) is 0.762. The van der Waals surface area contributed by atoms with Gasteiger partial charge >= 0.3 is 6.03 Å². The zero-order chi connectivity index (χ0) is 20.7. The number of methoxy groups -OCH3 is 1. The number of imide groups is 1. The van der Waals surface area contributed by atoms with Gasteiger partial charge in [-0.1, -0.05) is 0 Å². The Morgan fingerprint density at radius 3 is 2.60 bits per heavy atom. The van der Waals surface area contributed by atoms with Crippen LogP contribution in [0.4, 0.5) is 10.5 Å². The molecule has 7 nitrogen and oxygen atoms in total. The normalized spacial score (nSPS) is 24.3. The summed E-state index contributed by atoms with van der Waals surface area (Å²) in [5, 5.41) is 5.07. The number of carbonyl (C=O) groups is 2. The number of benzene rings is 1. The first-order valence-electron chi connectivity index (χ1n) is 10.4. The van der Waals surface area contributed by atoms with Crippen molar-refractivity contribution in [2.75, 3.05) is 44.9 Å². The number of thiophene rings is 1. The number of urea groups is 1. The van der Waals surface area contributed by atoms with Gasteiger partial charge in [-0.05, 0) is 55.0 Å². The maximum Gasteiger partial charge on any atom is 0.326 e. The molecular formula is C22H26N4O3S. The molecule has 1 aromatic carbocycles. The molecule has 0 radical (unpaired) electrons. The van der Waals surface area contributed by atoms with Crippen LogP contribution in [0.15, 0.2) is 35.7 Å². The number of fused-ring (bicyclic) bond motifs is 2. The largest absolute Gasteiger partial charge is 0.497 e. The van der Waals surface area contributed by atoms with Gasteiger partial charge in [0.05, 0.1) is 13.8 Å². The van der Waals surface area contributed by atoms with Crippen LogP contribution in [0.2, 0.25) is 0 Å². The minimum absolute atomic E-state index is 0.0931. The van der Waals surface area contributed by atoms with Crippen molar-refractivity contribution in [3.05, 3.63) is 46.2 Å². The summed E-state index contributed by atoms with van der Waals surface area (Å²) >= 11 is 1.68. The molecule has 2 aliphatic heterocycles. The Labute approximate surface area is 180 Å². The van der Waals surface area contributed by atoms with Crippen LogP contribution < -0.4 is 15.0 Å². The number of carbonyl (C=O) groups excluding carboxylic acids is 2. The second kappa shape index (κ2) is 7.59. The molecule has 2 saturated heterocycles. The van der Waals surface area contributed by atoms with Gasteiger partial charge in [0, 0.05) is 42.3 Å². The molecule has 5 rings (SSSR count). The predicted molar refractivity (Wildman–Crippen MR) is 116 cm³/mol. The van der Waals surface area contributed by atoms with Gasteiger partial charge in [-0.3, -0.25) is 9.69 Å². The lowest BCUT2D eigenvalue weighted by Gasteiger charge is -2.37. The maximum absolute atomic E-state index is 13.4. The monoisotopic (exact) mass is 426 g/mol. The summed E-state index contributed by atoms with van der Waals surface area (Å²) in [6, 6.07) is 9.81. The van der Waals surface area contributed by atoms with E-state index >= 15 is 0 Å². The summed E-state index contributed by atoms with van der Waals surface area (Å²) in [7, 11) is 1.67. The van der Waals surface area contributed by atoms with Crippen molar-refractivity contribution >= 4 is 29.0 Å². The molecule has 30 heavy (non-hydrogen) atoms. The Kier molecular flexibility index (Phi) is 4.91. The number of piperazine rings is 1. The van der Waals surface area contributed by atoms with Crippen molar-refractivity contribution in [1.82, 2.24) is 15.1 Å². The fraction of sp³-hybridized carbons (Fsp3) is 0.455. The molecular weight excluding hydrogens is 400 g/mol. The highest BCUT2D eigenvalue weighted by atomic mass is 32.1. The van der Waals surface area contributed by atoms with Crippen molar-refractivity contribution in [3.8, 4) is 5.75 Å². The predicted octanol–water partition coefficient (Wildman–Crippen LogP) is 2.62.